The average molecular weight is 620 g/mol. The Morgan fingerprint density at radius 3 is 0.667 bits per heavy atom. The second kappa shape index (κ2) is 37.3. The molecule has 0 atom stereocenters. The summed E-state index contributed by atoms with van der Waals surface area (Å²) < 4.78 is 30.7. The smallest absolute Gasteiger partial charge is 0.344 e. The van der Waals surface area contributed by atoms with Crippen molar-refractivity contribution in [3.8, 4) is 0 Å². The zero-order valence-corrected chi connectivity index (χ0v) is 30.0. The molecule has 0 bridgehead atoms. The van der Waals surface area contributed by atoms with E-state index in [0.29, 0.717) is 19.8 Å². The van der Waals surface area contributed by atoms with Crippen molar-refractivity contribution in [2.24, 2.45) is 0 Å². The van der Waals surface area contributed by atoms with Gasteiger partial charge in [0, 0.05) is 0 Å². The predicted molar refractivity (Wildman–Crippen MR) is 186 cm³/mol. The average Bonchev–Trinajstić information content (AvgIpc) is 2.97. The van der Waals surface area contributed by atoms with Gasteiger partial charge in [-0.3, -0.25) is 13.6 Å². The van der Waals surface area contributed by atoms with Gasteiger partial charge in [0.1, 0.15) is 0 Å². The molecule has 0 saturated heterocycles. The van der Waals surface area contributed by atoms with Gasteiger partial charge in [-0.1, -0.05) is 194 Å². The summed E-state index contributed by atoms with van der Waals surface area (Å²) in [5, 5.41) is 0. The molecule has 0 rings (SSSR count). The summed E-state index contributed by atoms with van der Waals surface area (Å²) in [6.07, 6.45) is 38.3. The van der Waals surface area contributed by atoms with Crippen molar-refractivity contribution in [3.63, 3.8) is 0 Å². The summed E-state index contributed by atoms with van der Waals surface area (Å²) in [5.74, 6) is 0. The Balaban J connectivity index is 0. The molecule has 0 aromatic rings. The van der Waals surface area contributed by atoms with Crippen LogP contribution in [0.3, 0.4) is 0 Å². The lowest BCUT2D eigenvalue weighted by molar-refractivity contribution is 0.108. The molecule has 0 aromatic carbocycles. The fourth-order valence-electron chi connectivity index (χ4n) is 5.41. The van der Waals surface area contributed by atoms with Crippen molar-refractivity contribution in [2.45, 2.75) is 213 Å². The maximum Gasteiger partial charge on any atom is 0.474 e. The summed E-state index contributed by atoms with van der Waals surface area (Å²) >= 11 is 0. The Bertz CT molecular complexity index is 463. The van der Waals surface area contributed by atoms with E-state index < -0.39 is 7.82 Å². The first-order valence-corrected chi connectivity index (χ1v) is 20.2. The van der Waals surface area contributed by atoms with Gasteiger partial charge in [-0.15, -0.1) is 0 Å². The minimum absolute atomic E-state index is 0. The highest BCUT2D eigenvalue weighted by molar-refractivity contribution is 7.48. The molecule has 0 saturated carbocycles. The van der Waals surface area contributed by atoms with Crippen molar-refractivity contribution in [3.05, 3.63) is 0 Å². The number of phosphoric acid groups is 1. The van der Waals surface area contributed by atoms with Crippen LogP contribution >= 0.6 is 7.82 Å². The van der Waals surface area contributed by atoms with E-state index >= 15 is 0 Å². The molecule has 42 heavy (non-hydrogen) atoms. The summed E-state index contributed by atoms with van der Waals surface area (Å²) in [6, 6.07) is 0. The largest absolute Gasteiger partial charge is 0.474 e. The zero-order valence-electron chi connectivity index (χ0n) is 29.1. The number of unbranched alkanes of at least 4 members (excludes halogenated alkanes) is 27. The summed E-state index contributed by atoms with van der Waals surface area (Å²) in [7, 11) is -3.45. The van der Waals surface area contributed by atoms with Crippen LogP contribution < -0.4 is 6.15 Å². The van der Waals surface area contributed by atoms with Gasteiger partial charge in [0.2, 0.25) is 0 Å². The minimum Gasteiger partial charge on any atom is -0.344 e. The fourth-order valence-corrected chi connectivity index (χ4v) is 6.69. The third-order valence-electron chi connectivity index (χ3n) is 8.24. The monoisotopic (exact) mass is 620 g/mol. The Morgan fingerprint density at radius 2 is 0.476 bits per heavy atom. The number of hydrogen-bond acceptors (Lipinski definition) is 5. The van der Waals surface area contributed by atoms with E-state index in [4.69, 9.17) is 13.6 Å². The second-order valence-corrected chi connectivity index (χ2v) is 14.2. The Kier molecular flexibility index (Phi) is 39.2. The molecule has 0 aliphatic carbocycles. The van der Waals surface area contributed by atoms with E-state index in [1.165, 1.54) is 154 Å². The first kappa shape index (κ1) is 44.2. The molecular formula is C36H78NO4P. The van der Waals surface area contributed by atoms with Gasteiger partial charge in [0.05, 0.1) is 19.8 Å². The molecule has 6 heteroatoms. The molecule has 0 aliphatic rings. The highest BCUT2D eigenvalue weighted by atomic mass is 31.2. The van der Waals surface area contributed by atoms with Crippen molar-refractivity contribution >= 4 is 7.82 Å². The van der Waals surface area contributed by atoms with Crippen LogP contribution in [0.2, 0.25) is 0 Å². The third kappa shape index (κ3) is 34.6. The second-order valence-electron chi connectivity index (χ2n) is 12.5. The van der Waals surface area contributed by atoms with Crippen LogP contribution in [0.25, 0.3) is 0 Å². The van der Waals surface area contributed by atoms with E-state index in [1.54, 1.807) is 0 Å². The highest BCUT2D eigenvalue weighted by Gasteiger charge is 2.26. The van der Waals surface area contributed by atoms with E-state index in [1.807, 2.05) is 0 Å². The normalized spacial score (nSPS) is 11.7. The fraction of sp³-hybridized carbons (Fsp3) is 1.00. The first-order valence-electron chi connectivity index (χ1n) is 18.7. The number of phosphoric ester groups is 1. The third-order valence-corrected chi connectivity index (χ3v) is 9.74. The molecule has 0 amide bonds. The van der Waals surface area contributed by atoms with E-state index in [9.17, 15) is 4.57 Å². The van der Waals surface area contributed by atoms with Crippen LogP contribution in [-0.4, -0.2) is 19.8 Å². The molecular weight excluding hydrogens is 541 g/mol. The van der Waals surface area contributed by atoms with Gasteiger partial charge in [0.15, 0.2) is 0 Å². The van der Waals surface area contributed by atoms with Crippen LogP contribution in [-0.2, 0) is 18.1 Å². The van der Waals surface area contributed by atoms with Crippen LogP contribution in [0, 0.1) is 0 Å². The highest BCUT2D eigenvalue weighted by Crippen LogP contribution is 2.50. The summed E-state index contributed by atoms with van der Waals surface area (Å²) in [6.45, 7) is 8.24. The lowest BCUT2D eigenvalue weighted by Gasteiger charge is -2.18. The predicted octanol–water partition coefficient (Wildman–Crippen LogP) is 14.1. The van der Waals surface area contributed by atoms with Crippen molar-refractivity contribution in [2.75, 3.05) is 19.8 Å². The lowest BCUT2D eigenvalue weighted by Crippen LogP contribution is -2.04. The topological polar surface area (TPSA) is 79.8 Å². The quantitative estimate of drug-likeness (QED) is 0.0557. The zero-order chi connectivity index (χ0) is 30.0. The molecule has 0 heterocycles. The van der Waals surface area contributed by atoms with Gasteiger partial charge in [-0.25, -0.2) is 4.57 Å². The van der Waals surface area contributed by atoms with Crippen LogP contribution in [0.5, 0.6) is 0 Å². The molecule has 3 N–H and O–H groups in total. The number of hydrogen-bond donors (Lipinski definition) is 1. The van der Waals surface area contributed by atoms with Gasteiger partial charge >= 0.3 is 7.82 Å². The van der Waals surface area contributed by atoms with Gasteiger partial charge in [0.25, 0.3) is 0 Å². The van der Waals surface area contributed by atoms with E-state index in [2.05, 4.69) is 20.8 Å². The Labute approximate surface area is 265 Å². The molecule has 0 unspecified atom stereocenters. The molecule has 5 nitrogen and oxygen atoms in total. The first-order chi connectivity index (χ1) is 20.2. The molecule has 0 aromatic heterocycles. The molecule has 0 radical (unpaired) electrons. The Morgan fingerprint density at radius 1 is 0.310 bits per heavy atom. The van der Waals surface area contributed by atoms with Gasteiger partial charge < -0.3 is 6.15 Å². The molecule has 256 valence electrons. The lowest BCUT2D eigenvalue weighted by atomic mass is 10.1. The van der Waals surface area contributed by atoms with Crippen LogP contribution in [0.15, 0.2) is 0 Å². The molecule has 0 aliphatic heterocycles. The number of rotatable bonds is 36. The summed E-state index contributed by atoms with van der Waals surface area (Å²) in [4.78, 5) is 0. The molecule has 0 fully saturated rings. The van der Waals surface area contributed by atoms with E-state index in [-0.39, 0.29) is 6.15 Å². The maximum absolute atomic E-state index is 13.3. The van der Waals surface area contributed by atoms with Crippen molar-refractivity contribution in [1.82, 2.24) is 6.15 Å². The standard InChI is InChI=1S/C36H75O4P.H3N/c1-4-7-10-13-16-19-22-25-28-31-34-38-41(37,39-35-32-29-26-23-20-17-14-11-8-5-2)40-36-33-30-27-24-21-18-15-12-9-6-3;/h4-36H2,1-3H3;1H3. The van der Waals surface area contributed by atoms with Crippen molar-refractivity contribution in [1.29, 1.82) is 0 Å². The Hall–Kier alpha value is 0.0700. The van der Waals surface area contributed by atoms with Crippen molar-refractivity contribution < 1.29 is 18.1 Å². The van der Waals surface area contributed by atoms with Gasteiger partial charge in [-0.2, -0.15) is 0 Å². The maximum atomic E-state index is 13.3. The van der Waals surface area contributed by atoms with Gasteiger partial charge in [-0.05, 0) is 19.3 Å². The molecule has 0 spiro atoms. The van der Waals surface area contributed by atoms with Crippen LogP contribution in [0.4, 0.5) is 0 Å². The van der Waals surface area contributed by atoms with Crippen LogP contribution in [0.1, 0.15) is 213 Å². The summed E-state index contributed by atoms with van der Waals surface area (Å²) in [5.41, 5.74) is 0. The minimum atomic E-state index is -3.45. The SMILES string of the molecule is CCCCCCCCCCCCOP(=O)(OCCCCCCCCCCCC)OCCCCCCCCCCCC.N. The van der Waals surface area contributed by atoms with E-state index in [0.717, 1.165) is 38.5 Å².